The van der Waals surface area contributed by atoms with Crippen LogP contribution in [-0.2, 0) is 12.0 Å². The Morgan fingerprint density at radius 2 is 1.77 bits per heavy atom. The largest absolute Gasteiger partial charge is 0.367 e. The highest BCUT2D eigenvalue weighted by molar-refractivity contribution is 5.85. The van der Waals surface area contributed by atoms with E-state index >= 15 is 4.39 Å². The molecule has 0 amide bonds. The third-order valence-electron chi connectivity index (χ3n) is 7.52. The zero-order valence-electron chi connectivity index (χ0n) is 21.4. The van der Waals surface area contributed by atoms with Gasteiger partial charge in [0.15, 0.2) is 22.9 Å². The summed E-state index contributed by atoms with van der Waals surface area (Å²) >= 11 is 0. The van der Waals surface area contributed by atoms with Crippen LogP contribution in [0.5, 0.6) is 0 Å². The lowest BCUT2D eigenvalue weighted by atomic mass is 10.0. The third kappa shape index (κ3) is 4.30. The molecule has 0 unspecified atom stereocenters. The number of halogens is 4. The number of piperazine rings is 1. The van der Waals surface area contributed by atoms with Crippen LogP contribution in [0.25, 0.3) is 22.2 Å². The monoisotopic (exact) mass is 538 g/mol. The number of fused-ring (bicyclic) bond motifs is 3. The molecule has 1 saturated heterocycles. The fraction of sp³-hybridized carbons (Fsp3) is 0.321. The summed E-state index contributed by atoms with van der Waals surface area (Å²) in [6.07, 6.45) is 2.31. The van der Waals surface area contributed by atoms with Crippen molar-refractivity contribution < 1.29 is 17.6 Å². The number of hydrogen-bond acceptors (Lipinski definition) is 6. The van der Waals surface area contributed by atoms with Gasteiger partial charge in [0.25, 0.3) is 0 Å². The van der Waals surface area contributed by atoms with Gasteiger partial charge in [-0.1, -0.05) is 0 Å². The van der Waals surface area contributed by atoms with Crippen LogP contribution in [0.2, 0.25) is 0 Å². The third-order valence-corrected chi connectivity index (χ3v) is 7.52. The summed E-state index contributed by atoms with van der Waals surface area (Å²) in [5.41, 5.74) is 0.0877. The van der Waals surface area contributed by atoms with Crippen molar-refractivity contribution in [3.05, 3.63) is 75.7 Å². The van der Waals surface area contributed by atoms with Crippen LogP contribution in [0.3, 0.4) is 0 Å². The summed E-state index contributed by atoms with van der Waals surface area (Å²) < 4.78 is 62.0. The first-order chi connectivity index (χ1) is 18.6. The fourth-order valence-electron chi connectivity index (χ4n) is 5.57. The maximum Gasteiger partial charge on any atom is 0.228 e. The van der Waals surface area contributed by atoms with Crippen molar-refractivity contribution in [2.45, 2.75) is 32.2 Å². The highest BCUT2D eigenvalue weighted by atomic mass is 19.2. The van der Waals surface area contributed by atoms with Crippen LogP contribution in [0, 0.1) is 23.3 Å². The summed E-state index contributed by atoms with van der Waals surface area (Å²) in [5, 5.41) is 5.70. The molecule has 1 fully saturated rings. The predicted molar refractivity (Wildman–Crippen MR) is 142 cm³/mol. The summed E-state index contributed by atoms with van der Waals surface area (Å²) in [6.45, 7) is 6.40. The molecule has 39 heavy (non-hydrogen) atoms. The van der Waals surface area contributed by atoms with Gasteiger partial charge >= 0.3 is 0 Å². The Morgan fingerprint density at radius 3 is 2.54 bits per heavy atom. The van der Waals surface area contributed by atoms with Gasteiger partial charge in [0.2, 0.25) is 5.95 Å². The molecule has 0 spiro atoms. The van der Waals surface area contributed by atoms with Gasteiger partial charge in [-0.15, -0.1) is 0 Å². The standard InChI is InChI=1S/C28H26F4N6O/c1-28(2)6-5-16-13-22(39)23-17(29)11-15(12-21(23)38(16)28)26-18(30)14-34-27(36-26)35-19-3-4-20(25(32)24(19)31)37-9-7-33-8-10-37/h3-4,11-14,33H,5-10H2,1-2H3,(H,34,35,36). The highest BCUT2D eigenvalue weighted by Crippen LogP contribution is 2.37. The summed E-state index contributed by atoms with van der Waals surface area (Å²) in [6, 6.07) is 6.88. The maximum absolute atomic E-state index is 15.3. The summed E-state index contributed by atoms with van der Waals surface area (Å²) in [5.74, 6) is -3.96. The number of pyridine rings is 1. The van der Waals surface area contributed by atoms with E-state index < -0.39 is 28.7 Å². The summed E-state index contributed by atoms with van der Waals surface area (Å²) in [7, 11) is 0. The average Bonchev–Trinajstić information content (AvgIpc) is 3.22. The number of benzene rings is 2. The number of aryl methyl sites for hydroxylation is 1. The number of hydrogen-bond donors (Lipinski definition) is 2. The lowest BCUT2D eigenvalue weighted by molar-refractivity contribution is 0.386. The van der Waals surface area contributed by atoms with E-state index in [1.54, 1.807) is 4.90 Å². The molecular formula is C28H26F4N6O. The van der Waals surface area contributed by atoms with Crippen molar-refractivity contribution >= 4 is 28.2 Å². The smallest absolute Gasteiger partial charge is 0.228 e. The Balaban J connectivity index is 1.40. The maximum atomic E-state index is 15.3. The molecule has 7 nitrogen and oxygen atoms in total. The molecule has 2 aromatic carbocycles. The van der Waals surface area contributed by atoms with Crippen molar-refractivity contribution in [2.24, 2.45) is 0 Å². The van der Waals surface area contributed by atoms with Crippen molar-refractivity contribution in [1.82, 2.24) is 19.9 Å². The van der Waals surface area contributed by atoms with Crippen molar-refractivity contribution in [3.8, 4) is 11.3 Å². The van der Waals surface area contributed by atoms with Crippen LogP contribution in [-0.4, -0.2) is 40.7 Å². The average molecular weight is 539 g/mol. The zero-order valence-corrected chi connectivity index (χ0v) is 21.4. The van der Waals surface area contributed by atoms with Gasteiger partial charge in [0, 0.05) is 49.0 Å². The van der Waals surface area contributed by atoms with E-state index in [1.807, 2.05) is 18.4 Å². The molecule has 2 aliphatic rings. The topological polar surface area (TPSA) is 75.1 Å². The predicted octanol–water partition coefficient (Wildman–Crippen LogP) is 4.85. The van der Waals surface area contributed by atoms with Gasteiger partial charge in [-0.3, -0.25) is 4.79 Å². The lowest BCUT2D eigenvalue weighted by Gasteiger charge is -2.30. The van der Waals surface area contributed by atoms with Crippen LogP contribution in [0.15, 0.2) is 41.3 Å². The second-order valence-corrected chi connectivity index (χ2v) is 10.5. The molecule has 6 rings (SSSR count). The van der Waals surface area contributed by atoms with Crippen LogP contribution < -0.4 is 21.0 Å². The second-order valence-electron chi connectivity index (χ2n) is 10.5. The van der Waals surface area contributed by atoms with E-state index in [9.17, 15) is 18.0 Å². The molecule has 4 heterocycles. The van der Waals surface area contributed by atoms with Gasteiger partial charge in [-0.2, -0.15) is 0 Å². The minimum atomic E-state index is -1.12. The van der Waals surface area contributed by atoms with E-state index in [-0.39, 0.29) is 39.5 Å². The van der Waals surface area contributed by atoms with E-state index in [0.717, 1.165) is 24.4 Å². The van der Waals surface area contributed by atoms with Gasteiger partial charge in [-0.05, 0) is 51.0 Å². The van der Waals surface area contributed by atoms with Gasteiger partial charge in [0.1, 0.15) is 11.5 Å². The first-order valence-corrected chi connectivity index (χ1v) is 12.8. The van der Waals surface area contributed by atoms with Crippen LogP contribution >= 0.6 is 0 Å². The fourth-order valence-corrected chi connectivity index (χ4v) is 5.57. The van der Waals surface area contributed by atoms with Crippen LogP contribution in [0.1, 0.15) is 26.0 Å². The molecule has 0 saturated carbocycles. The minimum absolute atomic E-state index is 0.0765. The van der Waals surface area contributed by atoms with Crippen molar-refractivity contribution in [1.29, 1.82) is 0 Å². The Morgan fingerprint density at radius 1 is 1.00 bits per heavy atom. The molecule has 2 aliphatic heterocycles. The van der Waals surface area contributed by atoms with E-state index in [2.05, 4.69) is 20.6 Å². The van der Waals surface area contributed by atoms with Crippen molar-refractivity contribution in [2.75, 3.05) is 36.4 Å². The van der Waals surface area contributed by atoms with Crippen LogP contribution in [0.4, 0.5) is 34.9 Å². The molecule has 4 aromatic rings. The van der Waals surface area contributed by atoms with Gasteiger partial charge in [-0.25, -0.2) is 27.5 Å². The normalized spacial score (nSPS) is 16.5. The summed E-state index contributed by atoms with van der Waals surface area (Å²) in [4.78, 5) is 22.5. The molecular weight excluding hydrogens is 512 g/mol. The second kappa shape index (κ2) is 9.33. The lowest BCUT2D eigenvalue weighted by Crippen LogP contribution is -2.44. The molecule has 0 atom stereocenters. The van der Waals surface area contributed by atoms with Gasteiger partial charge in [0.05, 0.1) is 28.5 Å². The molecule has 202 valence electrons. The Labute approximate surface area is 221 Å². The molecule has 0 radical (unpaired) electrons. The van der Waals surface area contributed by atoms with E-state index in [4.69, 9.17) is 0 Å². The highest BCUT2D eigenvalue weighted by Gasteiger charge is 2.31. The quantitative estimate of drug-likeness (QED) is 0.362. The van der Waals surface area contributed by atoms with E-state index in [1.165, 1.54) is 24.3 Å². The Bertz CT molecular complexity index is 1680. The molecule has 0 aliphatic carbocycles. The molecule has 2 N–H and O–H groups in total. The first-order valence-electron chi connectivity index (χ1n) is 12.8. The van der Waals surface area contributed by atoms with E-state index in [0.29, 0.717) is 38.1 Å². The zero-order chi connectivity index (χ0) is 27.5. The molecule has 2 aromatic heterocycles. The SMILES string of the molecule is CC1(C)CCc2cc(=O)c3c(F)cc(-c4nc(Nc5ccc(N6CCNCC6)c(F)c5F)ncc4F)cc3n21. The Hall–Kier alpha value is -3.99. The number of nitrogens with zero attached hydrogens (tertiary/aromatic N) is 4. The van der Waals surface area contributed by atoms with Crippen molar-refractivity contribution in [3.63, 3.8) is 0 Å². The minimum Gasteiger partial charge on any atom is -0.367 e. The number of anilines is 3. The molecule has 11 heteroatoms. The first kappa shape index (κ1) is 25.3. The number of aromatic nitrogens is 3. The number of nitrogens with one attached hydrogen (secondary N) is 2. The number of rotatable bonds is 4. The Kier molecular flexibility index (Phi) is 6.05. The molecule has 0 bridgehead atoms. The van der Waals surface area contributed by atoms with Gasteiger partial charge < -0.3 is 20.1 Å².